The molecule has 1 atom stereocenters. The molecule has 24 heavy (non-hydrogen) atoms. The van der Waals surface area contributed by atoms with Gasteiger partial charge in [-0.2, -0.15) is 0 Å². The molecule has 0 aliphatic heterocycles. The van der Waals surface area contributed by atoms with E-state index in [1.54, 1.807) is 33.8 Å². The number of hydrogen-bond donors (Lipinski definition) is 1. The highest BCUT2D eigenvalue weighted by atomic mass is 19.1. The number of amides is 1. The van der Waals surface area contributed by atoms with E-state index in [0.29, 0.717) is 5.56 Å². The second-order valence-electron chi connectivity index (χ2n) is 6.07. The van der Waals surface area contributed by atoms with Crippen LogP contribution in [0.3, 0.4) is 0 Å². The molecule has 1 aromatic carbocycles. The number of halogens is 1. The number of carbonyl (C=O) groups is 2. The molecule has 6 nitrogen and oxygen atoms in total. The minimum atomic E-state index is -0.664. The van der Waals surface area contributed by atoms with Crippen LogP contribution in [0.25, 0.3) is 0 Å². The SMILES string of the molecule is CCOC(=O)COCC(NC(=O)OC(C)(C)C)c1cccc(F)c1. The highest BCUT2D eigenvalue weighted by Gasteiger charge is 2.21. The van der Waals surface area contributed by atoms with Crippen LogP contribution in [0, 0.1) is 5.82 Å². The predicted octanol–water partition coefficient (Wildman–Crippen LogP) is 2.97. The Morgan fingerprint density at radius 1 is 1.29 bits per heavy atom. The molecule has 0 saturated carbocycles. The van der Waals surface area contributed by atoms with Crippen LogP contribution in [0.2, 0.25) is 0 Å². The number of nitrogens with one attached hydrogen (secondary N) is 1. The summed E-state index contributed by atoms with van der Waals surface area (Å²) in [4.78, 5) is 23.3. The van der Waals surface area contributed by atoms with Gasteiger partial charge in [0.05, 0.1) is 19.3 Å². The Labute approximate surface area is 141 Å². The van der Waals surface area contributed by atoms with Crippen molar-refractivity contribution >= 4 is 12.1 Å². The molecule has 0 saturated heterocycles. The summed E-state index contributed by atoms with van der Waals surface area (Å²) in [5.41, 5.74) is -0.160. The largest absolute Gasteiger partial charge is 0.464 e. The van der Waals surface area contributed by atoms with E-state index < -0.39 is 29.5 Å². The van der Waals surface area contributed by atoms with E-state index in [-0.39, 0.29) is 19.8 Å². The zero-order valence-electron chi connectivity index (χ0n) is 14.4. The molecule has 0 bridgehead atoms. The van der Waals surface area contributed by atoms with Gasteiger partial charge in [0.1, 0.15) is 18.0 Å². The summed E-state index contributed by atoms with van der Waals surface area (Å²) in [6.07, 6.45) is -0.656. The molecule has 134 valence electrons. The van der Waals surface area contributed by atoms with Crippen LogP contribution in [0.1, 0.15) is 39.3 Å². The normalized spacial score (nSPS) is 12.4. The van der Waals surface area contributed by atoms with Crippen molar-refractivity contribution in [2.45, 2.75) is 39.3 Å². The highest BCUT2D eigenvalue weighted by Crippen LogP contribution is 2.16. The maximum atomic E-state index is 13.4. The second kappa shape index (κ2) is 9.22. The standard InChI is InChI=1S/C17H24FNO5/c1-5-23-15(20)11-22-10-14(12-7-6-8-13(18)9-12)19-16(21)24-17(2,3)4/h6-9,14H,5,10-11H2,1-4H3,(H,19,21). The second-order valence-corrected chi connectivity index (χ2v) is 6.07. The molecule has 0 aliphatic carbocycles. The van der Waals surface area contributed by atoms with Gasteiger partial charge in [0, 0.05) is 0 Å². The van der Waals surface area contributed by atoms with Crippen LogP contribution >= 0.6 is 0 Å². The van der Waals surface area contributed by atoms with Gasteiger partial charge in [0.15, 0.2) is 0 Å². The average Bonchev–Trinajstić information content (AvgIpc) is 2.44. The number of carbonyl (C=O) groups excluding carboxylic acids is 2. The van der Waals surface area contributed by atoms with Gasteiger partial charge >= 0.3 is 12.1 Å². The van der Waals surface area contributed by atoms with Crippen molar-refractivity contribution in [3.05, 3.63) is 35.6 Å². The summed E-state index contributed by atoms with van der Waals surface area (Å²) < 4.78 is 28.7. The van der Waals surface area contributed by atoms with E-state index in [1.807, 2.05) is 0 Å². The van der Waals surface area contributed by atoms with Crippen molar-refractivity contribution in [3.8, 4) is 0 Å². The smallest absolute Gasteiger partial charge is 0.408 e. The average molecular weight is 341 g/mol. The van der Waals surface area contributed by atoms with E-state index >= 15 is 0 Å². The van der Waals surface area contributed by atoms with Gasteiger partial charge in [-0.05, 0) is 45.4 Å². The lowest BCUT2D eigenvalue weighted by Crippen LogP contribution is -2.37. The number of alkyl carbamates (subject to hydrolysis) is 1. The lowest BCUT2D eigenvalue weighted by atomic mass is 10.1. The van der Waals surface area contributed by atoms with E-state index in [1.165, 1.54) is 18.2 Å². The molecule has 1 amide bonds. The van der Waals surface area contributed by atoms with Crippen molar-refractivity contribution in [1.29, 1.82) is 0 Å². The van der Waals surface area contributed by atoms with Crippen LogP contribution in [-0.4, -0.2) is 37.5 Å². The Morgan fingerprint density at radius 2 is 2.00 bits per heavy atom. The van der Waals surface area contributed by atoms with Crippen LogP contribution in [0.15, 0.2) is 24.3 Å². The third kappa shape index (κ3) is 7.92. The molecule has 1 rings (SSSR count). The van der Waals surface area contributed by atoms with Gasteiger partial charge in [0.25, 0.3) is 0 Å². The quantitative estimate of drug-likeness (QED) is 0.772. The zero-order chi connectivity index (χ0) is 18.2. The van der Waals surface area contributed by atoms with Crippen LogP contribution in [-0.2, 0) is 19.0 Å². The molecule has 1 aromatic rings. The molecule has 0 aliphatic rings. The number of ether oxygens (including phenoxy) is 3. The zero-order valence-corrected chi connectivity index (χ0v) is 14.4. The topological polar surface area (TPSA) is 73.9 Å². The van der Waals surface area contributed by atoms with Gasteiger partial charge in [-0.15, -0.1) is 0 Å². The first-order valence-corrected chi connectivity index (χ1v) is 7.69. The van der Waals surface area contributed by atoms with Crippen molar-refractivity contribution in [2.24, 2.45) is 0 Å². The van der Waals surface area contributed by atoms with E-state index in [0.717, 1.165) is 0 Å². The maximum absolute atomic E-state index is 13.4. The minimum absolute atomic E-state index is 0.0263. The van der Waals surface area contributed by atoms with Gasteiger partial charge in [-0.3, -0.25) is 0 Å². The third-order valence-electron chi connectivity index (χ3n) is 2.75. The highest BCUT2D eigenvalue weighted by molar-refractivity contribution is 5.70. The summed E-state index contributed by atoms with van der Waals surface area (Å²) in [5.74, 6) is -0.943. The molecule has 0 aromatic heterocycles. The number of hydrogen-bond acceptors (Lipinski definition) is 5. The number of rotatable bonds is 7. The van der Waals surface area contributed by atoms with Crippen molar-refractivity contribution < 1.29 is 28.2 Å². The fraction of sp³-hybridized carbons (Fsp3) is 0.529. The van der Waals surface area contributed by atoms with Gasteiger partial charge < -0.3 is 19.5 Å². The molecule has 0 radical (unpaired) electrons. The first-order valence-electron chi connectivity index (χ1n) is 7.69. The predicted molar refractivity (Wildman–Crippen MR) is 86.0 cm³/mol. The summed E-state index contributed by atoms with van der Waals surface area (Å²) in [6, 6.07) is 5.10. The lowest BCUT2D eigenvalue weighted by molar-refractivity contribution is -0.148. The third-order valence-corrected chi connectivity index (χ3v) is 2.75. The summed E-state index contributed by atoms with van der Waals surface area (Å²) in [6.45, 7) is 6.88. The molecule has 1 unspecified atom stereocenters. The Morgan fingerprint density at radius 3 is 2.58 bits per heavy atom. The Hall–Kier alpha value is -2.15. The first-order chi connectivity index (χ1) is 11.2. The summed E-state index contributed by atoms with van der Waals surface area (Å²) in [7, 11) is 0. The molecule has 0 heterocycles. The van der Waals surface area contributed by atoms with Gasteiger partial charge in [-0.25, -0.2) is 14.0 Å². The molecular weight excluding hydrogens is 317 g/mol. The minimum Gasteiger partial charge on any atom is -0.464 e. The lowest BCUT2D eigenvalue weighted by Gasteiger charge is -2.24. The van der Waals surface area contributed by atoms with E-state index in [2.05, 4.69) is 5.32 Å². The van der Waals surface area contributed by atoms with Crippen LogP contribution < -0.4 is 5.32 Å². The Balaban J connectivity index is 2.73. The van der Waals surface area contributed by atoms with Crippen LogP contribution in [0.5, 0.6) is 0 Å². The number of benzene rings is 1. The fourth-order valence-electron chi connectivity index (χ4n) is 1.86. The van der Waals surface area contributed by atoms with E-state index in [4.69, 9.17) is 14.2 Å². The van der Waals surface area contributed by atoms with Gasteiger partial charge in [0.2, 0.25) is 0 Å². The van der Waals surface area contributed by atoms with Crippen LogP contribution in [0.4, 0.5) is 9.18 Å². The van der Waals surface area contributed by atoms with Crippen molar-refractivity contribution in [1.82, 2.24) is 5.32 Å². The summed E-state index contributed by atoms with van der Waals surface area (Å²) >= 11 is 0. The van der Waals surface area contributed by atoms with Gasteiger partial charge in [-0.1, -0.05) is 12.1 Å². The monoisotopic (exact) mass is 341 g/mol. The van der Waals surface area contributed by atoms with Crippen molar-refractivity contribution in [3.63, 3.8) is 0 Å². The maximum Gasteiger partial charge on any atom is 0.408 e. The Bertz CT molecular complexity index is 556. The molecule has 7 heteroatoms. The molecular formula is C17H24FNO5. The Kier molecular flexibility index (Phi) is 7.64. The summed E-state index contributed by atoms with van der Waals surface area (Å²) in [5, 5.41) is 2.62. The molecule has 0 spiro atoms. The molecule has 0 fully saturated rings. The fourth-order valence-corrected chi connectivity index (χ4v) is 1.86. The number of esters is 1. The van der Waals surface area contributed by atoms with Crippen molar-refractivity contribution in [2.75, 3.05) is 19.8 Å². The molecule has 1 N–H and O–H groups in total. The first kappa shape index (κ1) is 19.9. The van der Waals surface area contributed by atoms with E-state index in [9.17, 15) is 14.0 Å².